The van der Waals surface area contributed by atoms with Crippen molar-refractivity contribution in [2.45, 2.75) is 46.3 Å². The molecule has 0 N–H and O–H groups in total. The van der Waals surface area contributed by atoms with Crippen LogP contribution >= 0.6 is 0 Å². The monoisotopic (exact) mass is 962 g/mol. The Morgan fingerprint density at radius 1 is 0.729 bits per heavy atom. The second-order valence-corrected chi connectivity index (χ2v) is 21.1. The molecule has 0 aliphatic heterocycles. The van der Waals surface area contributed by atoms with Crippen molar-refractivity contribution in [3.63, 3.8) is 0 Å². The summed E-state index contributed by atoms with van der Waals surface area (Å²) in [6.07, 6.45) is 2.00. The Bertz CT molecular complexity index is 3070. The zero-order valence-corrected chi connectivity index (χ0v) is 37.4. The standard InChI is InChI=1S/C35H22N3O.C17H22NSi.Ir/c1-22-18-20-28-27-14-9-15-29(33(27)39-35(28)36-22)34-37-30-16-7-8-17-31(30)38(34)32-25-13-6-5-12-24(25)19-21-26(32)23-10-3-2-4-11-23;1-13(2)14-6-8-15(9-7-14)17-11-10-16(12-18-17)19(3,4)5;/h2-14,16-21H,1H3;6-8,10-13H,1-5H3;/q2*-1;/i;13D;. The Kier molecular flexibility index (Phi) is 10.7. The summed E-state index contributed by atoms with van der Waals surface area (Å²) in [5, 5.41) is 5.68. The molecule has 5 nitrogen and oxygen atoms in total. The smallest absolute Gasteiger partial charge is 0.216 e. The molecule has 0 spiro atoms. The van der Waals surface area contributed by atoms with Gasteiger partial charge in [-0.05, 0) is 53.0 Å². The van der Waals surface area contributed by atoms with Crippen LogP contribution in [0.4, 0.5) is 0 Å². The van der Waals surface area contributed by atoms with Gasteiger partial charge in [-0.1, -0.05) is 141 Å². The van der Waals surface area contributed by atoms with E-state index in [4.69, 9.17) is 10.8 Å². The van der Waals surface area contributed by atoms with E-state index in [-0.39, 0.29) is 20.1 Å². The van der Waals surface area contributed by atoms with Crippen LogP contribution in [-0.2, 0) is 20.1 Å². The third kappa shape index (κ3) is 7.70. The van der Waals surface area contributed by atoms with Crippen LogP contribution in [0.2, 0.25) is 19.6 Å². The van der Waals surface area contributed by atoms with Crippen LogP contribution in [0.1, 0.15) is 32.4 Å². The Morgan fingerprint density at radius 2 is 1.51 bits per heavy atom. The number of hydrogen-bond acceptors (Lipinski definition) is 4. The maximum Gasteiger partial charge on any atom is 0.216 e. The zero-order chi connectivity index (χ0) is 40.9. The number of imidazole rings is 1. The van der Waals surface area contributed by atoms with Gasteiger partial charge in [0.1, 0.15) is 0 Å². The second kappa shape index (κ2) is 16.3. The molecule has 0 saturated heterocycles. The number of aromatic nitrogens is 4. The van der Waals surface area contributed by atoms with Crippen molar-refractivity contribution < 1.29 is 25.9 Å². The van der Waals surface area contributed by atoms with E-state index in [1.54, 1.807) is 0 Å². The third-order valence-electron chi connectivity index (χ3n) is 10.7. The maximum absolute atomic E-state index is 8.01. The summed E-state index contributed by atoms with van der Waals surface area (Å²) in [5.74, 6) is 0.204. The number of nitrogens with zero attached hydrogens (tertiary/aromatic N) is 4. The number of hydrogen-bond donors (Lipinski definition) is 0. The summed E-state index contributed by atoms with van der Waals surface area (Å²) in [5.41, 5.74) is 11.3. The molecule has 1 radical (unpaired) electrons. The molecule has 10 aromatic rings. The van der Waals surface area contributed by atoms with Gasteiger partial charge in [0.05, 0.1) is 36.2 Å². The van der Waals surface area contributed by atoms with E-state index in [0.717, 1.165) is 83.5 Å². The Labute approximate surface area is 361 Å². The van der Waals surface area contributed by atoms with Crippen molar-refractivity contribution in [3.8, 4) is 39.5 Å². The van der Waals surface area contributed by atoms with Crippen LogP contribution in [0.25, 0.3) is 83.3 Å². The number of furan rings is 1. The molecule has 4 heterocycles. The van der Waals surface area contributed by atoms with Gasteiger partial charge in [-0.15, -0.1) is 53.6 Å². The molecule has 293 valence electrons. The first-order valence-electron chi connectivity index (χ1n) is 20.2. The van der Waals surface area contributed by atoms with Gasteiger partial charge in [-0.2, -0.15) is 0 Å². The van der Waals surface area contributed by atoms with Gasteiger partial charge in [0, 0.05) is 49.7 Å². The molecular formula is C52H44IrN4OSi-2. The summed E-state index contributed by atoms with van der Waals surface area (Å²) in [7, 11) is -1.29. The van der Waals surface area contributed by atoms with E-state index in [1.165, 1.54) is 10.6 Å². The average molecular weight is 962 g/mol. The summed E-state index contributed by atoms with van der Waals surface area (Å²) in [6, 6.07) is 56.7. The largest absolute Gasteiger partial charge is 0.486 e. The second-order valence-electron chi connectivity index (χ2n) is 16.0. The van der Waals surface area contributed by atoms with E-state index in [0.29, 0.717) is 5.71 Å². The first kappa shape index (κ1) is 38.5. The molecule has 6 aromatic carbocycles. The Morgan fingerprint density at radius 3 is 2.25 bits per heavy atom. The predicted molar refractivity (Wildman–Crippen MR) is 244 cm³/mol. The topological polar surface area (TPSA) is 56.7 Å². The number of fused-ring (bicyclic) bond motifs is 5. The van der Waals surface area contributed by atoms with Crippen LogP contribution in [-0.4, -0.2) is 27.6 Å². The molecule has 4 aromatic heterocycles. The van der Waals surface area contributed by atoms with E-state index in [1.807, 2.05) is 69.4 Å². The molecule has 59 heavy (non-hydrogen) atoms. The molecule has 0 fully saturated rings. The third-order valence-corrected chi connectivity index (χ3v) is 12.8. The Hall–Kier alpha value is -5.98. The van der Waals surface area contributed by atoms with Crippen molar-refractivity contribution in [1.82, 2.24) is 19.5 Å². The number of rotatable bonds is 6. The van der Waals surface area contributed by atoms with Crippen LogP contribution in [0.5, 0.6) is 0 Å². The molecule has 0 saturated carbocycles. The van der Waals surface area contributed by atoms with Crippen LogP contribution in [0.3, 0.4) is 0 Å². The summed E-state index contributed by atoms with van der Waals surface area (Å²) in [6.45, 7) is 12.7. The quantitative estimate of drug-likeness (QED) is 0.123. The molecular weight excluding hydrogens is 917 g/mol. The van der Waals surface area contributed by atoms with E-state index < -0.39 is 14.0 Å². The minimum atomic E-state index is -1.29. The van der Waals surface area contributed by atoms with Gasteiger partial charge >= 0.3 is 0 Å². The van der Waals surface area contributed by atoms with Gasteiger partial charge in [0.2, 0.25) is 5.71 Å². The predicted octanol–water partition coefficient (Wildman–Crippen LogP) is 13.1. The number of aryl methyl sites for hydroxylation is 1. The molecule has 7 heteroatoms. The zero-order valence-electron chi connectivity index (χ0n) is 35.0. The summed E-state index contributed by atoms with van der Waals surface area (Å²) >= 11 is 0. The number of benzene rings is 6. The van der Waals surface area contributed by atoms with E-state index in [9.17, 15) is 0 Å². The van der Waals surface area contributed by atoms with Gasteiger partial charge in [0.15, 0.2) is 0 Å². The van der Waals surface area contributed by atoms with Crippen molar-refractivity contribution in [2.24, 2.45) is 0 Å². The van der Waals surface area contributed by atoms with Crippen LogP contribution in [0, 0.1) is 19.1 Å². The van der Waals surface area contributed by atoms with Crippen LogP contribution < -0.4 is 5.19 Å². The van der Waals surface area contributed by atoms with Crippen LogP contribution in [0.15, 0.2) is 156 Å². The van der Waals surface area contributed by atoms with Crippen molar-refractivity contribution in [3.05, 3.63) is 175 Å². The SMILES string of the molecule is Cc1ccc2c(n1)oc1c(-c3nc4ccccc4n3-c3c(-c4ccccc4)ccc4ccccc34)[c-]ccc12.[2H]C(C)(C)c1c[c-]c(-c2ccc([Si](C)(C)C)cn2)cc1.[Ir]. The number of pyridine rings is 2. The van der Waals surface area contributed by atoms with Crippen molar-refractivity contribution in [1.29, 1.82) is 0 Å². The van der Waals surface area contributed by atoms with Gasteiger partial charge in [-0.25, -0.2) is 4.98 Å². The fourth-order valence-electron chi connectivity index (χ4n) is 7.54. The molecule has 0 aliphatic rings. The molecule has 0 bridgehead atoms. The molecule has 0 aliphatic carbocycles. The van der Waals surface area contributed by atoms with Gasteiger partial charge in [-0.3, -0.25) is 4.98 Å². The number of para-hydroxylation sites is 2. The maximum atomic E-state index is 8.01. The normalized spacial score (nSPS) is 12.0. The van der Waals surface area contributed by atoms with Crippen molar-refractivity contribution in [2.75, 3.05) is 0 Å². The average Bonchev–Trinajstić information content (AvgIpc) is 3.81. The first-order chi connectivity index (χ1) is 28.4. The van der Waals surface area contributed by atoms with E-state index in [2.05, 4.69) is 149 Å². The molecule has 0 atom stereocenters. The minimum absolute atomic E-state index is 0. The summed E-state index contributed by atoms with van der Waals surface area (Å²) in [4.78, 5) is 14.4. The molecule has 10 rings (SSSR count). The summed E-state index contributed by atoms with van der Waals surface area (Å²) < 4.78 is 16.7. The van der Waals surface area contributed by atoms with E-state index >= 15 is 0 Å². The fourth-order valence-corrected chi connectivity index (χ4v) is 8.57. The minimum Gasteiger partial charge on any atom is -0.486 e. The first-order valence-corrected chi connectivity index (χ1v) is 23.2. The van der Waals surface area contributed by atoms with Gasteiger partial charge in [0.25, 0.3) is 0 Å². The van der Waals surface area contributed by atoms with Crippen molar-refractivity contribution >= 4 is 57.1 Å². The fraction of sp³-hybridized carbons (Fsp3) is 0.135. The molecule has 0 amide bonds. The molecule has 0 unspecified atom stereocenters. The van der Waals surface area contributed by atoms with Gasteiger partial charge < -0.3 is 14.0 Å². The Balaban J connectivity index is 0.000000202.